The second-order valence-electron chi connectivity index (χ2n) is 4.79. The van der Waals surface area contributed by atoms with Crippen molar-refractivity contribution in [2.45, 2.75) is 50.7 Å². The molecule has 1 aliphatic heterocycles. The summed E-state index contributed by atoms with van der Waals surface area (Å²) >= 11 is 1.74. The minimum absolute atomic E-state index is 0.143. The Morgan fingerprint density at radius 3 is 2.78 bits per heavy atom. The molecule has 1 heterocycles. The lowest BCUT2D eigenvalue weighted by Gasteiger charge is -2.15. The van der Waals surface area contributed by atoms with Crippen molar-refractivity contribution in [1.29, 1.82) is 0 Å². The van der Waals surface area contributed by atoms with Crippen LogP contribution in [-0.2, 0) is 9.59 Å². The van der Waals surface area contributed by atoms with Crippen molar-refractivity contribution in [3.63, 3.8) is 0 Å². The molecule has 2 atom stereocenters. The first-order chi connectivity index (χ1) is 8.63. The van der Waals surface area contributed by atoms with Gasteiger partial charge in [-0.15, -0.1) is 11.8 Å². The number of carboxylic acids is 1. The first kappa shape index (κ1) is 15.3. The molecule has 0 saturated carbocycles. The summed E-state index contributed by atoms with van der Waals surface area (Å²) in [7, 11) is 0. The Kier molecular flexibility index (Phi) is 7.16. The highest BCUT2D eigenvalue weighted by atomic mass is 32.2. The van der Waals surface area contributed by atoms with Gasteiger partial charge in [-0.2, -0.15) is 0 Å². The number of hydrogen-bond donors (Lipinski definition) is 2. The summed E-state index contributed by atoms with van der Waals surface area (Å²) in [6.45, 7) is 2.75. The van der Waals surface area contributed by atoms with Gasteiger partial charge in [-0.1, -0.05) is 13.3 Å². The number of rotatable bonds is 8. The number of carbonyl (C=O) groups excluding carboxylic acids is 1. The van der Waals surface area contributed by atoms with Crippen LogP contribution in [0.4, 0.5) is 0 Å². The molecule has 0 spiro atoms. The Balaban J connectivity index is 2.14. The maximum Gasteiger partial charge on any atom is 0.303 e. The van der Waals surface area contributed by atoms with Crippen LogP contribution in [0.25, 0.3) is 0 Å². The lowest BCUT2D eigenvalue weighted by Crippen LogP contribution is -2.32. The molecule has 104 valence electrons. The molecular weight excluding hydrogens is 250 g/mol. The van der Waals surface area contributed by atoms with Crippen LogP contribution < -0.4 is 5.32 Å². The van der Waals surface area contributed by atoms with Gasteiger partial charge >= 0.3 is 5.97 Å². The van der Waals surface area contributed by atoms with Crippen molar-refractivity contribution in [3.05, 3.63) is 0 Å². The highest BCUT2D eigenvalue weighted by Crippen LogP contribution is 2.26. The molecular formula is C13H23NO3S. The molecule has 1 rings (SSSR count). The minimum Gasteiger partial charge on any atom is -0.481 e. The Hall–Kier alpha value is -0.710. The number of hydrogen-bond acceptors (Lipinski definition) is 3. The van der Waals surface area contributed by atoms with E-state index in [9.17, 15) is 9.59 Å². The lowest BCUT2D eigenvalue weighted by atomic mass is 9.96. The van der Waals surface area contributed by atoms with E-state index in [1.807, 2.05) is 0 Å². The van der Waals surface area contributed by atoms with Crippen molar-refractivity contribution in [1.82, 2.24) is 5.32 Å². The quantitative estimate of drug-likeness (QED) is 0.712. The predicted octanol–water partition coefficient (Wildman–Crippen LogP) is 2.28. The molecule has 2 N–H and O–H groups in total. The molecule has 0 aromatic rings. The summed E-state index contributed by atoms with van der Waals surface area (Å²) in [5.41, 5.74) is 0. The third-order valence-electron chi connectivity index (χ3n) is 3.42. The Bertz CT molecular complexity index is 277. The molecule has 0 aromatic heterocycles. The Labute approximate surface area is 113 Å². The third-order valence-corrected chi connectivity index (χ3v) is 4.79. The van der Waals surface area contributed by atoms with Gasteiger partial charge in [-0.05, 0) is 37.4 Å². The standard InChI is InChI=1S/C13H23NO3S/c1-2-10(5-6-12(15)16)7-8-14-13(17)11-4-3-9-18-11/h10-11H,2-9H2,1H3,(H,14,17)(H,15,16). The van der Waals surface area contributed by atoms with E-state index in [1.54, 1.807) is 11.8 Å². The van der Waals surface area contributed by atoms with E-state index in [1.165, 1.54) is 0 Å². The number of aliphatic carboxylic acids is 1. The van der Waals surface area contributed by atoms with Crippen LogP contribution in [0.15, 0.2) is 0 Å². The molecule has 0 aromatic carbocycles. The fourth-order valence-corrected chi connectivity index (χ4v) is 3.36. The van der Waals surface area contributed by atoms with Gasteiger partial charge in [0.05, 0.1) is 5.25 Å². The second-order valence-corrected chi connectivity index (χ2v) is 6.10. The first-order valence-electron chi connectivity index (χ1n) is 6.74. The Morgan fingerprint density at radius 1 is 1.44 bits per heavy atom. The van der Waals surface area contributed by atoms with E-state index in [0.717, 1.165) is 31.4 Å². The van der Waals surface area contributed by atoms with Gasteiger partial charge in [-0.3, -0.25) is 9.59 Å². The molecule has 0 bridgehead atoms. The van der Waals surface area contributed by atoms with Crippen molar-refractivity contribution in [2.24, 2.45) is 5.92 Å². The predicted molar refractivity (Wildman–Crippen MR) is 73.8 cm³/mol. The van der Waals surface area contributed by atoms with Gasteiger partial charge in [0.25, 0.3) is 0 Å². The number of thioether (sulfide) groups is 1. The molecule has 1 amide bonds. The van der Waals surface area contributed by atoms with E-state index in [4.69, 9.17) is 5.11 Å². The molecule has 2 unspecified atom stereocenters. The monoisotopic (exact) mass is 273 g/mol. The molecule has 18 heavy (non-hydrogen) atoms. The van der Waals surface area contributed by atoms with Gasteiger partial charge in [0.2, 0.25) is 5.91 Å². The highest BCUT2D eigenvalue weighted by molar-refractivity contribution is 8.00. The minimum atomic E-state index is -0.736. The fourth-order valence-electron chi connectivity index (χ4n) is 2.18. The molecule has 5 heteroatoms. The average molecular weight is 273 g/mol. The van der Waals surface area contributed by atoms with Crippen LogP contribution in [0.3, 0.4) is 0 Å². The zero-order valence-corrected chi connectivity index (χ0v) is 11.8. The van der Waals surface area contributed by atoms with Crippen molar-refractivity contribution in [2.75, 3.05) is 12.3 Å². The van der Waals surface area contributed by atoms with Crippen LogP contribution in [0.2, 0.25) is 0 Å². The van der Waals surface area contributed by atoms with Crippen LogP contribution in [-0.4, -0.2) is 34.5 Å². The van der Waals surface area contributed by atoms with E-state index in [-0.39, 0.29) is 17.6 Å². The smallest absolute Gasteiger partial charge is 0.303 e. The summed E-state index contributed by atoms with van der Waals surface area (Å²) in [5.74, 6) is 0.914. The molecule has 0 aliphatic carbocycles. The normalized spacial score (nSPS) is 20.6. The highest BCUT2D eigenvalue weighted by Gasteiger charge is 2.22. The van der Waals surface area contributed by atoms with Crippen LogP contribution in [0.1, 0.15) is 45.4 Å². The van der Waals surface area contributed by atoms with E-state index >= 15 is 0 Å². The second kappa shape index (κ2) is 8.40. The molecule has 0 radical (unpaired) electrons. The van der Waals surface area contributed by atoms with Gasteiger partial charge in [0.15, 0.2) is 0 Å². The molecule has 1 fully saturated rings. The SMILES string of the molecule is CCC(CCNC(=O)C1CCCS1)CCC(=O)O. The maximum absolute atomic E-state index is 11.8. The first-order valence-corrected chi connectivity index (χ1v) is 7.79. The molecule has 1 saturated heterocycles. The summed E-state index contributed by atoms with van der Waals surface area (Å²) in [4.78, 5) is 22.3. The van der Waals surface area contributed by atoms with E-state index < -0.39 is 5.97 Å². The largest absolute Gasteiger partial charge is 0.481 e. The topological polar surface area (TPSA) is 66.4 Å². The van der Waals surface area contributed by atoms with Crippen molar-refractivity contribution < 1.29 is 14.7 Å². The number of amides is 1. The average Bonchev–Trinajstić information content (AvgIpc) is 2.86. The zero-order chi connectivity index (χ0) is 13.4. The maximum atomic E-state index is 11.8. The van der Waals surface area contributed by atoms with E-state index in [0.29, 0.717) is 18.9 Å². The summed E-state index contributed by atoms with van der Waals surface area (Å²) in [6.07, 6.45) is 4.92. The summed E-state index contributed by atoms with van der Waals surface area (Å²) < 4.78 is 0. The van der Waals surface area contributed by atoms with Crippen molar-refractivity contribution >= 4 is 23.6 Å². The fraction of sp³-hybridized carbons (Fsp3) is 0.846. The number of nitrogens with one attached hydrogen (secondary N) is 1. The lowest BCUT2D eigenvalue weighted by molar-refractivity contribution is -0.137. The van der Waals surface area contributed by atoms with Gasteiger partial charge in [-0.25, -0.2) is 0 Å². The van der Waals surface area contributed by atoms with Gasteiger partial charge < -0.3 is 10.4 Å². The van der Waals surface area contributed by atoms with Gasteiger partial charge in [0.1, 0.15) is 0 Å². The number of carboxylic acid groups (broad SMARTS) is 1. The van der Waals surface area contributed by atoms with E-state index in [2.05, 4.69) is 12.2 Å². The third kappa shape index (κ3) is 5.76. The zero-order valence-electron chi connectivity index (χ0n) is 11.0. The number of carbonyl (C=O) groups is 2. The summed E-state index contributed by atoms with van der Waals surface area (Å²) in [5, 5.41) is 11.8. The Morgan fingerprint density at radius 2 is 2.22 bits per heavy atom. The van der Waals surface area contributed by atoms with Crippen LogP contribution >= 0.6 is 11.8 Å². The van der Waals surface area contributed by atoms with Crippen molar-refractivity contribution in [3.8, 4) is 0 Å². The van der Waals surface area contributed by atoms with Crippen LogP contribution in [0.5, 0.6) is 0 Å². The summed E-state index contributed by atoms with van der Waals surface area (Å²) in [6, 6.07) is 0. The van der Waals surface area contributed by atoms with Crippen LogP contribution in [0, 0.1) is 5.92 Å². The molecule has 1 aliphatic rings. The van der Waals surface area contributed by atoms with Gasteiger partial charge in [0, 0.05) is 13.0 Å². The molecule has 4 nitrogen and oxygen atoms in total.